The molecular formula is C13H22N6O. The number of ether oxygens (including phenoxy) is 1. The fourth-order valence-corrected chi connectivity index (χ4v) is 2.90. The molecule has 3 atom stereocenters. The van der Waals surface area contributed by atoms with Crippen LogP contribution in [-0.4, -0.2) is 45.5 Å². The molecule has 2 aliphatic heterocycles. The van der Waals surface area contributed by atoms with E-state index in [1.54, 1.807) is 11.0 Å². The Kier molecular flexibility index (Phi) is 3.86. The van der Waals surface area contributed by atoms with Gasteiger partial charge < -0.3 is 15.4 Å². The normalized spacial score (nSPS) is 28.9. The fraction of sp³-hybridized carbons (Fsp3) is 0.769. The number of hydrogen-bond donors (Lipinski definition) is 2. The predicted molar refractivity (Wildman–Crippen MR) is 75.3 cm³/mol. The summed E-state index contributed by atoms with van der Waals surface area (Å²) < 4.78 is 7.61. The van der Waals surface area contributed by atoms with Gasteiger partial charge in [-0.1, -0.05) is 0 Å². The predicted octanol–water partition coefficient (Wildman–Crippen LogP) is 0.190. The SMILES string of the molecule is CCNC(=NCc1ncnn1C)NC1CC2CCC1O2. The Labute approximate surface area is 118 Å². The van der Waals surface area contributed by atoms with Gasteiger partial charge in [-0.15, -0.1) is 0 Å². The molecule has 0 radical (unpaired) electrons. The highest BCUT2D eigenvalue weighted by molar-refractivity contribution is 5.80. The Morgan fingerprint density at radius 3 is 3.05 bits per heavy atom. The van der Waals surface area contributed by atoms with Crippen molar-refractivity contribution >= 4 is 5.96 Å². The van der Waals surface area contributed by atoms with E-state index in [9.17, 15) is 0 Å². The Morgan fingerprint density at radius 1 is 1.55 bits per heavy atom. The van der Waals surface area contributed by atoms with Crippen molar-refractivity contribution in [1.29, 1.82) is 0 Å². The third-order valence-corrected chi connectivity index (χ3v) is 3.96. The molecule has 0 amide bonds. The second-order valence-corrected chi connectivity index (χ2v) is 5.36. The first-order valence-electron chi connectivity index (χ1n) is 7.29. The smallest absolute Gasteiger partial charge is 0.192 e. The lowest BCUT2D eigenvalue weighted by Crippen LogP contribution is -2.47. The lowest BCUT2D eigenvalue weighted by atomic mass is 9.96. The summed E-state index contributed by atoms with van der Waals surface area (Å²) in [7, 11) is 1.88. The molecule has 2 bridgehead atoms. The number of guanidine groups is 1. The molecule has 7 nitrogen and oxygen atoms in total. The van der Waals surface area contributed by atoms with Gasteiger partial charge in [0.05, 0.1) is 18.2 Å². The van der Waals surface area contributed by atoms with Crippen LogP contribution < -0.4 is 10.6 Å². The highest BCUT2D eigenvalue weighted by Gasteiger charge is 2.41. The first-order valence-corrected chi connectivity index (χ1v) is 7.29. The maximum atomic E-state index is 5.86. The molecule has 0 aromatic carbocycles. The van der Waals surface area contributed by atoms with Crippen LogP contribution in [-0.2, 0) is 18.3 Å². The monoisotopic (exact) mass is 278 g/mol. The molecule has 1 aromatic heterocycles. The number of aliphatic imine (C=N–C) groups is 1. The van der Waals surface area contributed by atoms with Gasteiger partial charge in [0.25, 0.3) is 0 Å². The Balaban J connectivity index is 1.61. The summed E-state index contributed by atoms with van der Waals surface area (Å²) in [6.45, 7) is 3.43. The summed E-state index contributed by atoms with van der Waals surface area (Å²) in [6.07, 6.45) is 5.78. The first kappa shape index (κ1) is 13.4. The summed E-state index contributed by atoms with van der Waals surface area (Å²) in [6, 6.07) is 0.381. The molecule has 3 rings (SSSR count). The lowest BCUT2D eigenvalue weighted by molar-refractivity contribution is 0.0992. The van der Waals surface area contributed by atoms with Gasteiger partial charge in [-0.05, 0) is 26.2 Å². The van der Waals surface area contributed by atoms with Crippen LogP contribution in [0, 0.1) is 0 Å². The maximum absolute atomic E-state index is 5.86. The molecular weight excluding hydrogens is 256 g/mol. The zero-order chi connectivity index (χ0) is 13.9. The van der Waals surface area contributed by atoms with Crippen molar-refractivity contribution in [1.82, 2.24) is 25.4 Å². The molecule has 2 aliphatic rings. The largest absolute Gasteiger partial charge is 0.373 e. The number of aromatic nitrogens is 3. The van der Waals surface area contributed by atoms with Crippen LogP contribution in [0.1, 0.15) is 32.0 Å². The van der Waals surface area contributed by atoms with E-state index in [1.165, 1.54) is 6.42 Å². The lowest BCUT2D eigenvalue weighted by Gasteiger charge is -2.22. The van der Waals surface area contributed by atoms with Crippen molar-refractivity contribution in [3.05, 3.63) is 12.2 Å². The van der Waals surface area contributed by atoms with Crippen LogP contribution in [0.2, 0.25) is 0 Å². The quantitative estimate of drug-likeness (QED) is 0.607. The number of nitrogens with one attached hydrogen (secondary N) is 2. The molecule has 2 saturated heterocycles. The van der Waals surface area contributed by atoms with Gasteiger partial charge in [-0.3, -0.25) is 4.68 Å². The van der Waals surface area contributed by atoms with Gasteiger partial charge in [-0.2, -0.15) is 5.10 Å². The van der Waals surface area contributed by atoms with E-state index in [0.717, 1.165) is 31.2 Å². The maximum Gasteiger partial charge on any atom is 0.192 e. The third-order valence-electron chi connectivity index (χ3n) is 3.96. The van der Waals surface area contributed by atoms with Gasteiger partial charge in [-0.25, -0.2) is 9.98 Å². The van der Waals surface area contributed by atoms with Crippen LogP contribution in [0.25, 0.3) is 0 Å². The van der Waals surface area contributed by atoms with Gasteiger partial charge in [0.15, 0.2) is 5.96 Å². The van der Waals surface area contributed by atoms with Crippen LogP contribution >= 0.6 is 0 Å². The minimum atomic E-state index is 0.346. The van der Waals surface area contributed by atoms with Gasteiger partial charge >= 0.3 is 0 Å². The summed E-state index contributed by atoms with van der Waals surface area (Å²) in [5.41, 5.74) is 0. The van der Waals surface area contributed by atoms with Crippen LogP contribution in [0.4, 0.5) is 0 Å². The molecule has 3 unspecified atom stereocenters. The van der Waals surface area contributed by atoms with E-state index < -0.39 is 0 Å². The first-order chi connectivity index (χ1) is 9.76. The van der Waals surface area contributed by atoms with Crippen molar-refractivity contribution in [2.24, 2.45) is 12.0 Å². The summed E-state index contributed by atoms with van der Waals surface area (Å²) in [5, 5.41) is 10.8. The van der Waals surface area contributed by atoms with E-state index in [1.807, 2.05) is 7.05 Å². The van der Waals surface area contributed by atoms with E-state index >= 15 is 0 Å². The molecule has 0 spiro atoms. The minimum Gasteiger partial charge on any atom is -0.373 e. The summed E-state index contributed by atoms with van der Waals surface area (Å²) >= 11 is 0. The number of fused-ring (bicyclic) bond motifs is 2. The number of rotatable bonds is 4. The average Bonchev–Trinajstić information content (AvgIpc) is 3.13. The average molecular weight is 278 g/mol. The summed E-state index contributed by atoms with van der Waals surface area (Å²) in [5.74, 6) is 1.68. The van der Waals surface area contributed by atoms with Crippen molar-refractivity contribution in [2.45, 2.75) is 51.0 Å². The molecule has 2 fully saturated rings. The van der Waals surface area contributed by atoms with E-state index in [2.05, 4.69) is 32.6 Å². The van der Waals surface area contributed by atoms with Crippen LogP contribution in [0.15, 0.2) is 11.3 Å². The minimum absolute atomic E-state index is 0.346. The van der Waals surface area contributed by atoms with Crippen LogP contribution in [0.3, 0.4) is 0 Å². The second-order valence-electron chi connectivity index (χ2n) is 5.36. The van der Waals surface area contributed by atoms with Crippen molar-refractivity contribution in [2.75, 3.05) is 6.54 Å². The van der Waals surface area contributed by atoms with Crippen molar-refractivity contribution < 1.29 is 4.74 Å². The highest BCUT2D eigenvalue weighted by atomic mass is 16.5. The molecule has 0 saturated carbocycles. The highest BCUT2D eigenvalue weighted by Crippen LogP contribution is 2.34. The summed E-state index contributed by atoms with van der Waals surface area (Å²) in [4.78, 5) is 8.76. The zero-order valence-corrected chi connectivity index (χ0v) is 12.0. The van der Waals surface area contributed by atoms with E-state index in [4.69, 9.17) is 4.74 Å². The Hall–Kier alpha value is -1.63. The fourth-order valence-electron chi connectivity index (χ4n) is 2.90. The van der Waals surface area contributed by atoms with Gasteiger partial charge in [0, 0.05) is 13.6 Å². The molecule has 0 aliphatic carbocycles. The third kappa shape index (κ3) is 2.77. The van der Waals surface area contributed by atoms with E-state index in [0.29, 0.717) is 24.8 Å². The Morgan fingerprint density at radius 2 is 2.45 bits per heavy atom. The van der Waals surface area contributed by atoms with Crippen molar-refractivity contribution in [3.8, 4) is 0 Å². The molecule has 2 N–H and O–H groups in total. The van der Waals surface area contributed by atoms with Gasteiger partial charge in [0.1, 0.15) is 18.7 Å². The van der Waals surface area contributed by atoms with Gasteiger partial charge in [0.2, 0.25) is 0 Å². The van der Waals surface area contributed by atoms with E-state index in [-0.39, 0.29) is 0 Å². The Bertz CT molecular complexity index is 485. The number of hydrogen-bond acceptors (Lipinski definition) is 4. The topological polar surface area (TPSA) is 76.4 Å². The molecule has 1 aromatic rings. The zero-order valence-electron chi connectivity index (χ0n) is 12.0. The number of aryl methyl sites for hydroxylation is 1. The standard InChI is InChI=1S/C13H22N6O/c1-3-14-13(15-7-12-16-8-17-19(12)2)18-10-6-9-4-5-11(10)20-9/h8-11H,3-7H2,1-2H3,(H2,14,15,18). The number of nitrogens with zero attached hydrogens (tertiary/aromatic N) is 4. The molecule has 7 heteroatoms. The molecule has 20 heavy (non-hydrogen) atoms. The second kappa shape index (κ2) is 5.78. The van der Waals surface area contributed by atoms with Crippen molar-refractivity contribution in [3.63, 3.8) is 0 Å². The van der Waals surface area contributed by atoms with Crippen LogP contribution in [0.5, 0.6) is 0 Å². The molecule has 110 valence electrons. The molecule has 3 heterocycles.